The van der Waals surface area contributed by atoms with Crippen LogP contribution in [0, 0.1) is 5.82 Å². The smallest absolute Gasteiger partial charge is 0.251 e. The lowest BCUT2D eigenvalue weighted by Crippen LogP contribution is -2.30. The summed E-state index contributed by atoms with van der Waals surface area (Å²) in [5, 5.41) is 15.3. The number of halogens is 1. The van der Waals surface area contributed by atoms with E-state index in [0.717, 1.165) is 77.1 Å². The van der Waals surface area contributed by atoms with E-state index in [1.807, 2.05) is 36.0 Å². The van der Waals surface area contributed by atoms with Crippen molar-refractivity contribution in [2.75, 3.05) is 31.6 Å². The van der Waals surface area contributed by atoms with Gasteiger partial charge in [-0.05, 0) is 92.4 Å². The Labute approximate surface area is 311 Å². The van der Waals surface area contributed by atoms with Gasteiger partial charge < -0.3 is 20.7 Å². The van der Waals surface area contributed by atoms with E-state index >= 15 is 4.39 Å². The van der Waals surface area contributed by atoms with E-state index in [9.17, 15) is 9.59 Å². The number of ether oxygens (including phenoxy) is 1. The monoisotopic (exact) mass is 719 g/mol. The number of carbonyl (C=O) groups excluding carboxylic acids is 2. The molecule has 0 unspecified atom stereocenters. The number of fused-ring (bicyclic) bond motifs is 1. The maximum absolute atomic E-state index is 15.0. The Bertz CT molecular complexity index is 2050. The molecular formula is C42H50FN7O3. The van der Waals surface area contributed by atoms with Gasteiger partial charge in [-0.2, -0.15) is 5.10 Å². The Hall–Kier alpha value is -5.13. The van der Waals surface area contributed by atoms with Crippen LogP contribution in [-0.4, -0.2) is 63.8 Å². The molecule has 1 fully saturated rings. The zero-order valence-electron chi connectivity index (χ0n) is 31.2. The number of anilines is 1. The van der Waals surface area contributed by atoms with Gasteiger partial charge in [-0.25, -0.2) is 14.1 Å². The summed E-state index contributed by atoms with van der Waals surface area (Å²) < 4.78 is 22.5. The van der Waals surface area contributed by atoms with E-state index in [0.29, 0.717) is 42.9 Å². The minimum absolute atomic E-state index is 0.203. The second-order valence-electron chi connectivity index (χ2n) is 13.4. The Morgan fingerprint density at radius 1 is 0.887 bits per heavy atom. The van der Waals surface area contributed by atoms with Crippen LogP contribution in [0.25, 0.3) is 22.2 Å². The van der Waals surface area contributed by atoms with Crippen molar-refractivity contribution in [2.45, 2.75) is 79.2 Å². The van der Waals surface area contributed by atoms with Gasteiger partial charge in [0.05, 0.1) is 17.3 Å². The quantitative estimate of drug-likeness (QED) is 0.106. The van der Waals surface area contributed by atoms with E-state index < -0.39 is 0 Å². The second-order valence-corrected chi connectivity index (χ2v) is 13.4. The summed E-state index contributed by atoms with van der Waals surface area (Å²) in [5.41, 5.74) is 7.49. The molecule has 3 heterocycles. The van der Waals surface area contributed by atoms with Gasteiger partial charge >= 0.3 is 0 Å². The highest BCUT2D eigenvalue weighted by atomic mass is 19.1. The van der Waals surface area contributed by atoms with Crippen LogP contribution in [-0.2, 0) is 37.3 Å². The number of carbonyl (C=O) groups is 2. The average molecular weight is 720 g/mol. The van der Waals surface area contributed by atoms with Gasteiger partial charge in [-0.1, -0.05) is 51.1 Å². The van der Waals surface area contributed by atoms with Crippen LogP contribution in [0.3, 0.4) is 0 Å². The SMILES string of the molecule is CCc1nc2c(cnn2CC)c(NC2CCOCC2)c1CNC(=O)c1cccc(C(=O)NCc2ccc(F)c(-c3cccc(CN(CC)CC)c3)c2)c1. The molecule has 278 valence electrons. The maximum atomic E-state index is 15.0. The van der Waals surface area contributed by atoms with Crippen molar-refractivity contribution in [3.8, 4) is 11.1 Å². The summed E-state index contributed by atoms with van der Waals surface area (Å²) in [5.74, 6) is -0.942. The van der Waals surface area contributed by atoms with Gasteiger partial charge in [0.15, 0.2) is 5.65 Å². The number of amides is 2. The Kier molecular flexibility index (Phi) is 12.5. The summed E-state index contributed by atoms with van der Waals surface area (Å²) in [6.07, 6.45) is 4.31. The molecule has 3 N–H and O–H groups in total. The molecule has 0 saturated carbocycles. The van der Waals surface area contributed by atoms with E-state index in [1.165, 1.54) is 6.07 Å². The fraction of sp³-hybridized carbons (Fsp3) is 0.381. The molecular weight excluding hydrogens is 670 g/mol. The number of rotatable bonds is 15. The Morgan fingerprint density at radius 3 is 2.30 bits per heavy atom. The first-order valence-electron chi connectivity index (χ1n) is 18.8. The Balaban J connectivity index is 1.14. The molecule has 1 saturated heterocycles. The molecule has 0 atom stereocenters. The fourth-order valence-corrected chi connectivity index (χ4v) is 6.90. The number of hydrogen-bond acceptors (Lipinski definition) is 7. The minimum atomic E-state index is -0.328. The number of hydrogen-bond donors (Lipinski definition) is 3. The van der Waals surface area contributed by atoms with Crippen molar-refractivity contribution in [2.24, 2.45) is 0 Å². The molecule has 11 heteroatoms. The number of nitrogens with one attached hydrogen (secondary N) is 3. The molecule has 0 bridgehead atoms. The predicted molar refractivity (Wildman–Crippen MR) is 207 cm³/mol. The third-order valence-corrected chi connectivity index (χ3v) is 10.0. The molecule has 0 radical (unpaired) electrons. The van der Waals surface area contributed by atoms with Gasteiger partial charge in [-0.15, -0.1) is 0 Å². The molecule has 6 rings (SSSR count). The van der Waals surface area contributed by atoms with E-state index in [-0.39, 0.29) is 36.8 Å². The standard InChI is InChI=1S/C42H50FN7O3/c1-5-38-35(39(47-33-17-19-53-20-18-33)36-26-46-50(8-4)40(36)48-38)25-45-42(52)32-14-10-13-31(23-32)41(51)44-24-28-15-16-37(43)34(22-28)30-12-9-11-29(21-30)27-49(6-2)7-3/h9-16,21-23,26,33H,5-8,17-20,24-25,27H2,1-4H3,(H,44,51)(H,45,52)(H,47,48). The van der Waals surface area contributed by atoms with Gasteiger partial charge in [0.1, 0.15) is 5.82 Å². The molecule has 2 amide bonds. The molecule has 5 aromatic rings. The highest BCUT2D eigenvalue weighted by Crippen LogP contribution is 2.31. The van der Waals surface area contributed by atoms with Crippen molar-refractivity contribution < 1.29 is 18.7 Å². The zero-order chi connectivity index (χ0) is 37.3. The average Bonchev–Trinajstić information content (AvgIpc) is 3.62. The second kappa shape index (κ2) is 17.6. The molecule has 10 nitrogen and oxygen atoms in total. The third-order valence-electron chi connectivity index (χ3n) is 10.0. The van der Waals surface area contributed by atoms with Crippen LogP contribution in [0.4, 0.5) is 10.1 Å². The summed E-state index contributed by atoms with van der Waals surface area (Å²) in [6.45, 7) is 13.6. The molecule has 1 aliphatic rings. The van der Waals surface area contributed by atoms with Gasteiger partial charge in [0.25, 0.3) is 11.8 Å². The molecule has 1 aliphatic heterocycles. The lowest BCUT2D eigenvalue weighted by Gasteiger charge is -2.26. The lowest BCUT2D eigenvalue weighted by molar-refractivity contribution is 0.0904. The highest BCUT2D eigenvalue weighted by molar-refractivity contribution is 6.00. The molecule has 0 spiro atoms. The zero-order valence-corrected chi connectivity index (χ0v) is 31.2. The van der Waals surface area contributed by atoms with Crippen LogP contribution >= 0.6 is 0 Å². The number of pyridine rings is 1. The van der Waals surface area contributed by atoms with Crippen LogP contribution in [0.15, 0.2) is 72.9 Å². The first-order chi connectivity index (χ1) is 25.8. The minimum Gasteiger partial charge on any atom is -0.381 e. The van der Waals surface area contributed by atoms with Crippen molar-refractivity contribution in [3.63, 3.8) is 0 Å². The van der Waals surface area contributed by atoms with Gasteiger partial charge in [0.2, 0.25) is 0 Å². The van der Waals surface area contributed by atoms with Crippen molar-refractivity contribution in [3.05, 3.63) is 112 Å². The maximum Gasteiger partial charge on any atom is 0.251 e. The topological polar surface area (TPSA) is 113 Å². The van der Waals surface area contributed by atoms with Crippen LogP contribution in [0.2, 0.25) is 0 Å². The first-order valence-corrected chi connectivity index (χ1v) is 18.8. The number of nitrogens with zero attached hydrogens (tertiary/aromatic N) is 4. The molecule has 53 heavy (non-hydrogen) atoms. The van der Waals surface area contributed by atoms with Crippen molar-refractivity contribution in [1.82, 2.24) is 30.3 Å². The van der Waals surface area contributed by atoms with E-state index in [1.54, 1.807) is 36.4 Å². The third kappa shape index (κ3) is 8.92. The summed E-state index contributed by atoms with van der Waals surface area (Å²) in [6, 6.07) is 19.8. The Morgan fingerprint density at radius 2 is 1.60 bits per heavy atom. The highest BCUT2D eigenvalue weighted by Gasteiger charge is 2.22. The largest absolute Gasteiger partial charge is 0.381 e. The van der Waals surface area contributed by atoms with Crippen LogP contribution in [0.1, 0.15) is 83.6 Å². The number of aromatic nitrogens is 3. The summed E-state index contributed by atoms with van der Waals surface area (Å²) >= 11 is 0. The first kappa shape index (κ1) is 37.6. The van der Waals surface area contributed by atoms with Crippen LogP contribution in [0.5, 0.6) is 0 Å². The van der Waals surface area contributed by atoms with Crippen molar-refractivity contribution in [1.29, 1.82) is 0 Å². The molecule has 0 aliphatic carbocycles. The number of benzene rings is 3. The fourth-order valence-electron chi connectivity index (χ4n) is 6.90. The summed E-state index contributed by atoms with van der Waals surface area (Å²) in [4.78, 5) is 34.1. The normalized spacial score (nSPS) is 13.4. The van der Waals surface area contributed by atoms with E-state index in [2.05, 4.69) is 52.8 Å². The lowest BCUT2D eigenvalue weighted by atomic mass is 10.00. The van der Waals surface area contributed by atoms with Gasteiger partial charge in [-0.3, -0.25) is 14.5 Å². The van der Waals surface area contributed by atoms with Crippen LogP contribution < -0.4 is 16.0 Å². The molecule has 3 aromatic carbocycles. The van der Waals surface area contributed by atoms with E-state index in [4.69, 9.17) is 9.72 Å². The predicted octanol–water partition coefficient (Wildman–Crippen LogP) is 7.11. The van der Waals surface area contributed by atoms with Crippen molar-refractivity contribution >= 4 is 28.5 Å². The summed E-state index contributed by atoms with van der Waals surface area (Å²) in [7, 11) is 0. The molecule has 2 aromatic heterocycles. The van der Waals surface area contributed by atoms with Gasteiger partial charge in [0, 0.05) is 73.4 Å². The number of aryl methyl sites for hydroxylation is 2.